The third kappa shape index (κ3) is 3.78. The van der Waals surface area contributed by atoms with Crippen molar-refractivity contribution in [2.75, 3.05) is 12.4 Å². The number of fused-ring (bicyclic) bond motifs is 4. The molecule has 1 atom stereocenters. The Morgan fingerprint density at radius 3 is 2.55 bits per heavy atom. The Morgan fingerprint density at radius 1 is 1.00 bits per heavy atom. The molecule has 0 saturated heterocycles. The zero-order valence-electron chi connectivity index (χ0n) is 20.0. The summed E-state index contributed by atoms with van der Waals surface area (Å²) in [6.07, 6.45) is 1.48. The number of carbonyl (C=O) groups excluding carboxylic acids is 1. The van der Waals surface area contributed by atoms with Gasteiger partial charge in [0.25, 0.3) is 0 Å². The monoisotopic (exact) mass is 441 g/mol. The Balaban J connectivity index is 1.71. The van der Waals surface area contributed by atoms with Gasteiger partial charge in [0.2, 0.25) is 0 Å². The van der Waals surface area contributed by atoms with Crippen LogP contribution in [0.2, 0.25) is 0 Å². The van der Waals surface area contributed by atoms with E-state index in [4.69, 9.17) is 9.47 Å². The van der Waals surface area contributed by atoms with Crippen LogP contribution in [0.1, 0.15) is 57.7 Å². The predicted molar refractivity (Wildman–Crippen MR) is 134 cm³/mol. The number of benzene rings is 3. The molecule has 170 valence electrons. The zero-order valence-corrected chi connectivity index (χ0v) is 20.0. The minimum absolute atomic E-state index is 0.0502. The van der Waals surface area contributed by atoms with Crippen molar-refractivity contribution in [1.82, 2.24) is 0 Å². The molecular formula is C29H31NO3. The summed E-state index contributed by atoms with van der Waals surface area (Å²) in [4.78, 5) is 13.6. The van der Waals surface area contributed by atoms with Crippen molar-refractivity contribution in [3.63, 3.8) is 0 Å². The Morgan fingerprint density at radius 2 is 1.79 bits per heavy atom. The number of methoxy groups -OCH3 is 1. The smallest absolute Gasteiger partial charge is 0.162 e. The Labute approximate surface area is 195 Å². The number of ether oxygens (including phenoxy) is 2. The van der Waals surface area contributed by atoms with Gasteiger partial charge in [-0.05, 0) is 65.8 Å². The lowest BCUT2D eigenvalue weighted by Gasteiger charge is -2.40. The predicted octanol–water partition coefficient (Wildman–Crippen LogP) is 6.95. The van der Waals surface area contributed by atoms with Crippen molar-refractivity contribution in [3.8, 4) is 11.5 Å². The number of hydrogen-bond acceptors (Lipinski definition) is 4. The molecular weight excluding hydrogens is 410 g/mol. The first-order valence-corrected chi connectivity index (χ1v) is 11.7. The molecule has 0 radical (unpaired) electrons. The molecule has 2 aliphatic rings. The van der Waals surface area contributed by atoms with Gasteiger partial charge in [-0.1, -0.05) is 50.2 Å². The summed E-state index contributed by atoms with van der Waals surface area (Å²) < 4.78 is 11.6. The number of allylic oxidation sites excluding steroid dienone is 1. The van der Waals surface area contributed by atoms with Crippen LogP contribution in [-0.2, 0) is 4.79 Å². The molecule has 4 heteroatoms. The first kappa shape index (κ1) is 21.6. The third-order valence-electron chi connectivity index (χ3n) is 6.62. The second-order valence-electron chi connectivity index (χ2n) is 10.2. The number of anilines is 1. The van der Waals surface area contributed by atoms with Gasteiger partial charge in [-0.25, -0.2) is 0 Å². The fraction of sp³-hybridized carbons (Fsp3) is 0.345. The molecule has 0 unspecified atom stereocenters. The van der Waals surface area contributed by atoms with Gasteiger partial charge >= 0.3 is 0 Å². The lowest BCUT2D eigenvalue weighted by molar-refractivity contribution is -0.118. The first-order chi connectivity index (χ1) is 15.8. The van der Waals surface area contributed by atoms with Crippen LogP contribution in [0.15, 0.2) is 60.2 Å². The van der Waals surface area contributed by atoms with Gasteiger partial charge in [-0.3, -0.25) is 4.79 Å². The van der Waals surface area contributed by atoms with E-state index in [1.54, 1.807) is 7.11 Å². The van der Waals surface area contributed by atoms with Crippen molar-refractivity contribution >= 4 is 27.8 Å². The molecule has 5 rings (SSSR count). The fourth-order valence-corrected chi connectivity index (χ4v) is 5.30. The molecule has 1 aliphatic carbocycles. The van der Waals surface area contributed by atoms with Crippen molar-refractivity contribution in [1.29, 1.82) is 0 Å². The second-order valence-corrected chi connectivity index (χ2v) is 10.2. The SMILES string of the molecule is COc1cc([C@H]2Nc3ccc4ccccc4c3C3=C2C(=O)CC(C)(C)C3)ccc1OC(C)C. The van der Waals surface area contributed by atoms with Crippen LogP contribution in [0, 0.1) is 5.41 Å². The minimum Gasteiger partial charge on any atom is -0.493 e. The molecule has 3 aromatic carbocycles. The molecule has 0 amide bonds. The molecule has 1 aliphatic heterocycles. The van der Waals surface area contributed by atoms with Gasteiger partial charge in [0, 0.05) is 23.2 Å². The van der Waals surface area contributed by atoms with E-state index in [1.807, 2.05) is 32.0 Å². The summed E-state index contributed by atoms with van der Waals surface area (Å²) in [5, 5.41) is 6.08. The van der Waals surface area contributed by atoms with Gasteiger partial charge in [-0.15, -0.1) is 0 Å². The number of carbonyl (C=O) groups is 1. The molecule has 33 heavy (non-hydrogen) atoms. The number of hydrogen-bond donors (Lipinski definition) is 1. The molecule has 0 aromatic heterocycles. The molecule has 1 N–H and O–H groups in total. The van der Waals surface area contributed by atoms with Gasteiger partial charge in [-0.2, -0.15) is 0 Å². The summed E-state index contributed by atoms with van der Waals surface area (Å²) >= 11 is 0. The van der Waals surface area contributed by atoms with Gasteiger partial charge < -0.3 is 14.8 Å². The van der Waals surface area contributed by atoms with Crippen molar-refractivity contribution in [2.45, 2.75) is 52.7 Å². The lowest BCUT2D eigenvalue weighted by Crippen LogP contribution is -2.33. The highest BCUT2D eigenvalue weighted by Crippen LogP contribution is 2.52. The topological polar surface area (TPSA) is 47.6 Å². The second kappa shape index (κ2) is 7.95. The van der Waals surface area contributed by atoms with Crippen LogP contribution < -0.4 is 14.8 Å². The van der Waals surface area contributed by atoms with Crippen molar-refractivity contribution in [3.05, 3.63) is 71.3 Å². The minimum atomic E-state index is -0.223. The molecule has 3 aromatic rings. The largest absolute Gasteiger partial charge is 0.493 e. The fourth-order valence-electron chi connectivity index (χ4n) is 5.30. The van der Waals surface area contributed by atoms with Crippen LogP contribution in [-0.4, -0.2) is 19.0 Å². The van der Waals surface area contributed by atoms with E-state index in [-0.39, 0.29) is 23.3 Å². The summed E-state index contributed by atoms with van der Waals surface area (Å²) in [6, 6.07) is 18.5. The van der Waals surface area contributed by atoms with Gasteiger partial charge in [0.15, 0.2) is 17.3 Å². The van der Waals surface area contributed by atoms with Crippen molar-refractivity contribution in [2.24, 2.45) is 5.41 Å². The van der Waals surface area contributed by atoms with E-state index < -0.39 is 0 Å². The average Bonchev–Trinajstić information content (AvgIpc) is 2.77. The van der Waals surface area contributed by atoms with Crippen molar-refractivity contribution < 1.29 is 14.3 Å². The number of ketones is 1. The zero-order chi connectivity index (χ0) is 23.3. The Hall–Kier alpha value is -3.27. The van der Waals surface area contributed by atoms with Gasteiger partial charge in [0.1, 0.15) is 0 Å². The molecule has 1 heterocycles. The third-order valence-corrected chi connectivity index (χ3v) is 6.62. The van der Waals surface area contributed by atoms with E-state index in [2.05, 4.69) is 55.6 Å². The normalized spacial score (nSPS) is 19.2. The quantitative estimate of drug-likeness (QED) is 0.476. The van der Waals surface area contributed by atoms with Crippen LogP contribution >= 0.6 is 0 Å². The Bertz CT molecular complexity index is 1290. The maximum Gasteiger partial charge on any atom is 0.162 e. The van der Waals surface area contributed by atoms with Crippen LogP contribution in [0.5, 0.6) is 11.5 Å². The van der Waals surface area contributed by atoms with E-state index in [9.17, 15) is 4.79 Å². The summed E-state index contributed by atoms with van der Waals surface area (Å²) in [6.45, 7) is 8.38. The summed E-state index contributed by atoms with van der Waals surface area (Å²) in [5.41, 5.74) is 5.24. The van der Waals surface area contributed by atoms with E-state index in [0.717, 1.165) is 23.2 Å². The maximum atomic E-state index is 13.6. The van der Waals surface area contributed by atoms with E-state index in [0.29, 0.717) is 17.9 Å². The molecule has 0 fully saturated rings. The van der Waals surface area contributed by atoms with Crippen LogP contribution in [0.4, 0.5) is 5.69 Å². The summed E-state index contributed by atoms with van der Waals surface area (Å²) in [5.74, 6) is 1.61. The average molecular weight is 442 g/mol. The highest BCUT2D eigenvalue weighted by molar-refractivity contribution is 6.12. The van der Waals surface area contributed by atoms with Crippen LogP contribution in [0.3, 0.4) is 0 Å². The first-order valence-electron chi connectivity index (χ1n) is 11.7. The Kier molecular flexibility index (Phi) is 5.19. The standard InChI is InChI=1S/C29H31NO3/c1-17(2)33-24-13-11-19(14-25(24)32-5)28-27-21(15-29(3,4)16-23(27)31)26-20-9-7-6-8-18(20)10-12-22(26)30-28/h6-14,17,28,30H,15-16H2,1-5H3/t28-/m1/s1. The highest BCUT2D eigenvalue weighted by atomic mass is 16.5. The number of Topliss-reactive ketones (excluding diaryl/α,β-unsaturated/α-hetero) is 1. The maximum absolute atomic E-state index is 13.6. The molecule has 4 nitrogen and oxygen atoms in total. The molecule has 0 bridgehead atoms. The number of rotatable bonds is 4. The highest BCUT2D eigenvalue weighted by Gasteiger charge is 2.41. The number of nitrogens with one attached hydrogen (secondary N) is 1. The van der Waals surface area contributed by atoms with E-state index in [1.165, 1.54) is 21.9 Å². The summed E-state index contributed by atoms with van der Waals surface area (Å²) in [7, 11) is 1.65. The molecule has 0 spiro atoms. The van der Waals surface area contributed by atoms with Crippen LogP contribution in [0.25, 0.3) is 16.3 Å². The lowest BCUT2D eigenvalue weighted by atomic mass is 9.68. The van der Waals surface area contributed by atoms with Gasteiger partial charge in [0.05, 0.1) is 19.3 Å². The molecule has 0 saturated carbocycles. The van der Waals surface area contributed by atoms with E-state index >= 15 is 0 Å².